The minimum atomic E-state index is -0.465. The lowest BCUT2D eigenvalue weighted by Crippen LogP contribution is -2.35. The van der Waals surface area contributed by atoms with Gasteiger partial charge in [0.1, 0.15) is 5.56 Å². The summed E-state index contributed by atoms with van der Waals surface area (Å²) in [5, 5.41) is 4.47. The molecule has 1 unspecified atom stereocenters. The maximum absolute atomic E-state index is 12.3. The molecular formula is C18H20N4O2S. The average molecular weight is 356 g/mol. The molecule has 0 aliphatic rings. The van der Waals surface area contributed by atoms with Crippen molar-refractivity contribution in [1.82, 2.24) is 14.7 Å². The lowest BCUT2D eigenvalue weighted by molar-refractivity contribution is 0.0949. The summed E-state index contributed by atoms with van der Waals surface area (Å²) in [5.41, 5.74) is 7.96. The molecule has 3 aromatic rings. The molecule has 1 aromatic carbocycles. The van der Waals surface area contributed by atoms with E-state index in [1.807, 2.05) is 24.3 Å². The van der Waals surface area contributed by atoms with E-state index in [1.54, 1.807) is 11.6 Å². The molecule has 1 atom stereocenters. The van der Waals surface area contributed by atoms with Gasteiger partial charge >= 0.3 is 0 Å². The minimum Gasteiger partial charge on any atom is -0.350 e. The van der Waals surface area contributed by atoms with Gasteiger partial charge in [-0.3, -0.25) is 14.0 Å². The maximum Gasteiger partial charge on any atom is 0.271 e. The van der Waals surface area contributed by atoms with Gasteiger partial charge in [-0.1, -0.05) is 38.1 Å². The van der Waals surface area contributed by atoms with Gasteiger partial charge in [-0.2, -0.15) is 0 Å². The van der Waals surface area contributed by atoms with Crippen molar-refractivity contribution in [2.75, 3.05) is 6.54 Å². The molecule has 0 aliphatic heterocycles. The molecule has 0 aliphatic carbocycles. The van der Waals surface area contributed by atoms with Gasteiger partial charge in [-0.05, 0) is 17.0 Å². The van der Waals surface area contributed by atoms with Gasteiger partial charge in [0, 0.05) is 30.4 Å². The predicted molar refractivity (Wildman–Crippen MR) is 99.1 cm³/mol. The summed E-state index contributed by atoms with van der Waals surface area (Å²) in [6.07, 6.45) is 2.92. The summed E-state index contributed by atoms with van der Waals surface area (Å²) >= 11 is 1.34. The smallest absolute Gasteiger partial charge is 0.271 e. The average Bonchev–Trinajstić information content (AvgIpc) is 3.09. The van der Waals surface area contributed by atoms with E-state index in [4.69, 9.17) is 5.73 Å². The molecule has 7 heteroatoms. The Bertz CT molecular complexity index is 944. The Labute approximate surface area is 149 Å². The first-order valence-corrected chi connectivity index (χ1v) is 8.94. The Morgan fingerprint density at radius 3 is 2.64 bits per heavy atom. The van der Waals surface area contributed by atoms with Crippen molar-refractivity contribution in [3.63, 3.8) is 0 Å². The molecule has 2 heterocycles. The molecule has 1 amide bonds. The number of carbonyl (C=O) groups excluding carboxylic acids is 1. The number of fused-ring (bicyclic) bond motifs is 1. The topological polar surface area (TPSA) is 89.5 Å². The van der Waals surface area contributed by atoms with E-state index in [9.17, 15) is 9.59 Å². The second-order valence-corrected chi connectivity index (χ2v) is 7.04. The fourth-order valence-corrected chi connectivity index (χ4v) is 3.20. The van der Waals surface area contributed by atoms with E-state index >= 15 is 0 Å². The lowest BCUT2D eigenvalue weighted by Gasteiger charge is -2.14. The van der Waals surface area contributed by atoms with Crippen LogP contribution in [0.3, 0.4) is 0 Å². The first kappa shape index (κ1) is 17.3. The summed E-state index contributed by atoms with van der Waals surface area (Å²) in [6.45, 7) is 4.50. The largest absolute Gasteiger partial charge is 0.350 e. The van der Waals surface area contributed by atoms with Crippen molar-refractivity contribution in [2.45, 2.75) is 25.8 Å². The van der Waals surface area contributed by atoms with Gasteiger partial charge in [0.15, 0.2) is 4.96 Å². The number of nitrogens with zero attached hydrogens (tertiary/aromatic N) is 2. The minimum absolute atomic E-state index is 0.0123. The zero-order valence-electron chi connectivity index (χ0n) is 14.1. The van der Waals surface area contributed by atoms with Crippen LogP contribution in [0.25, 0.3) is 4.96 Å². The van der Waals surface area contributed by atoms with Gasteiger partial charge in [0.2, 0.25) is 0 Å². The van der Waals surface area contributed by atoms with Gasteiger partial charge in [0.25, 0.3) is 11.5 Å². The first-order valence-electron chi connectivity index (χ1n) is 8.06. The molecule has 25 heavy (non-hydrogen) atoms. The Hall–Kier alpha value is -2.51. The summed E-state index contributed by atoms with van der Waals surface area (Å²) in [7, 11) is 0. The van der Waals surface area contributed by atoms with E-state index < -0.39 is 5.91 Å². The van der Waals surface area contributed by atoms with Crippen LogP contribution >= 0.6 is 11.3 Å². The first-order chi connectivity index (χ1) is 12.0. The number of thiazole rings is 1. The van der Waals surface area contributed by atoms with Crippen LogP contribution in [0.15, 0.2) is 46.8 Å². The summed E-state index contributed by atoms with van der Waals surface area (Å²) in [4.78, 5) is 29.3. The third kappa shape index (κ3) is 3.62. The van der Waals surface area contributed by atoms with E-state index in [0.717, 1.165) is 5.56 Å². The van der Waals surface area contributed by atoms with Crippen molar-refractivity contribution >= 4 is 22.2 Å². The van der Waals surface area contributed by atoms with Crippen LogP contribution in [0.4, 0.5) is 0 Å². The fraction of sp³-hybridized carbons (Fsp3) is 0.278. The number of amides is 1. The third-order valence-electron chi connectivity index (χ3n) is 4.10. The van der Waals surface area contributed by atoms with Crippen molar-refractivity contribution in [2.24, 2.45) is 5.73 Å². The van der Waals surface area contributed by atoms with Gasteiger partial charge < -0.3 is 11.1 Å². The summed E-state index contributed by atoms with van der Waals surface area (Å²) < 4.78 is 1.37. The molecule has 0 radical (unpaired) electrons. The Kier molecular flexibility index (Phi) is 4.96. The van der Waals surface area contributed by atoms with E-state index in [-0.39, 0.29) is 23.7 Å². The van der Waals surface area contributed by atoms with E-state index in [1.165, 1.54) is 27.5 Å². The molecule has 6 nitrogen and oxygen atoms in total. The highest BCUT2D eigenvalue weighted by Crippen LogP contribution is 2.17. The van der Waals surface area contributed by atoms with Crippen LogP contribution in [-0.2, 0) is 0 Å². The van der Waals surface area contributed by atoms with Crippen LogP contribution in [0.5, 0.6) is 0 Å². The number of aromatic nitrogens is 2. The third-order valence-corrected chi connectivity index (χ3v) is 4.87. The summed E-state index contributed by atoms with van der Waals surface area (Å²) in [6, 6.07) is 7.69. The zero-order valence-corrected chi connectivity index (χ0v) is 14.9. The number of hydrogen-bond acceptors (Lipinski definition) is 5. The number of carbonyl (C=O) groups is 1. The second kappa shape index (κ2) is 7.16. The van der Waals surface area contributed by atoms with Gasteiger partial charge in [0.05, 0.1) is 0 Å². The van der Waals surface area contributed by atoms with Crippen LogP contribution in [0.2, 0.25) is 0 Å². The molecule has 130 valence electrons. The standard InChI is InChI=1S/C18H20N4O2S/c1-11(2)12-3-5-13(6-4-12)15(19)10-20-16(23)14-9-21-18-22(17(14)24)7-8-25-18/h3-9,11,15H,10,19H2,1-2H3,(H,20,23). The van der Waals surface area contributed by atoms with Gasteiger partial charge in [-0.15, -0.1) is 11.3 Å². The van der Waals surface area contributed by atoms with Crippen LogP contribution < -0.4 is 16.6 Å². The second-order valence-electron chi connectivity index (χ2n) is 6.17. The molecule has 3 N–H and O–H groups in total. The molecule has 0 fully saturated rings. The zero-order chi connectivity index (χ0) is 18.0. The molecule has 3 rings (SSSR count). The highest BCUT2D eigenvalue weighted by atomic mass is 32.1. The van der Waals surface area contributed by atoms with Crippen LogP contribution in [0, 0.1) is 0 Å². The lowest BCUT2D eigenvalue weighted by atomic mass is 9.99. The highest BCUT2D eigenvalue weighted by Gasteiger charge is 2.15. The van der Waals surface area contributed by atoms with Crippen molar-refractivity contribution < 1.29 is 4.79 Å². The van der Waals surface area contributed by atoms with Gasteiger partial charge in [-0.25, -0.2) is 4.98 Å². The molecule has 2 aromatic heterocycles. The van der Waals surface area contributed by atoms with Crippen molar-refractivity contribution in [1.29, 1.82) is 0 Å². The summed E-state index contributed by atoms with van der Waals surface area (Å²) in [5.74, 6) is -0.00942. The van der Waals surface area contributed by atoms with E-state index in [2.05, 4.69) is 24.1 Å². The highest BCUT2D eigenvalue weighted by molar-refractivity contribution is 7.15. The Balaban J connectivity index is 1.68. The molecule has 0 saturated carbocycles. The quantitative estimate of drug-likeness (QED) is 0.734. The molecular weight excluding hydrogens is 336 g/mol. The Morgan fingerprint density at radius 2 is 1.96 bits per heavy atom. The number of nitrogens with two attached hydrogens (primary N) is 1. The normalized spacial score (nSPS) is 12.5. The SMILES string of the molecule is CC(C)c1ccc(C(N)CNC(=O)c2cnc3sccn3c2=O)cc1. The number of nitrogens with one attached hydrogen (secondary N) is 1. The molecule has 0 saturated heterocycles. The molecule has 0 spiro atoms. The van der Waals surface area contributed by atoms with Crippen LogP contribution in [0.1, 0.15) is 47.3 Å². The molecule has 0 bridgehead atoms. The number of benzene rings is 1. The van der Waals surface area contributed by atoms with Crippen molar-refractivity contribution in [3.8, 4) is 0 Å². The maximum atomic E-state index is 12.3. The Morgan fingerprint density at radius 1 is 1.28 bits per heavy atom. The number of rotatable bonds is 5. The van der Waals surface area contributed by atoms with Crippen molar-refractivity contribution in [3.05, 3.63) is 69.1 Å². The number of hydrogen-bond donors (Lipinski definition) is 2. The van der Waals surface area contributed by atoms with E-state index in [0.29, 0.717) is 10.9 Å². The fourth-order valence-electron chi connectivity index (χ4n) is 2.52. The monoisotopic (exact) mass is 356 g/mol. The predicted octanol–water partition coefficient (Wildman–Crippen LogP) is 2.31. The van der Waals surface area contributed by atoms with Crippen LogP contribution in [-0.4, -0.2) is 21.8 Å².